The number of carboxylic acid groups (broad SMARTS) is 1. The van der Waals surface area contributed by atoms with Gasteiger partial charge in [-0.1, -0.05) is 23.3 Å². The predicted octanol–water partition coefficient (Wildman–Crippen LogP) is 2.38. The van der Waals surface area contributed by atoms with E-state index in [1.165, 1.54) is 22.5 Å². The van der Waals surface area contributed by atoms with E-state index >= 15 is 0 Å². The summed E-state index contributed by atoms with van der Waals surface area (Å²) >= 11 is 5.82. The molecule has 1 heterocycles. The SMILES string of the molecule is CC1=CCCN(S(=O)(=O)c2ccc(C(=O)O)c(Cl)c2)C1. The highest BCUT2D eigenvalue weighted by Crippen LogP contribution is 2.25. The lowest BCUT2D eigenvalue weighted by atomic mass is 10.2. The van der Waals surface area contributed by atoms with Gasteiger partial charge in [-0.25, -0.2) is 13.2 Å². The molecule has 7 heteroatoms. The van der Waals surface area contributed by atoms with Gasteiger partial charge in [0.25, 0.3) is 0 Å². The maximum Gasteiger partial charge on any atom is 0.337 e. The van der Waals surface area contributed by atoms with Crippen molar-refractivity contribution in [2.75, 3.05) is 13.1 Å². The fourth-order valence-corrected chi connectivity index (χ4v) is 3.91. The summed E-state index contributed by atoms with van der Waals surface area (Å²) in [5.74, 6) is -1.18. The number of halogens is 1. The predicted molar refractivity (Wildman–Crippen MR) is 75.5 cm³/mol. The summed E-state index contributed by atoms with van der Waals surface area (Å²) in [4.78, 5) is 10.9. The molecule has 20 heavy (non-hydrogen) atoms. The normalized spacial score (nSPS) is 16.8. The lowest BCUT2D eigenvalue weighted by molar-refractivity contribution is 0.0697. The highest BCUT2D eigenvalue weighted by Gasteiger charge is 2.26. The zero-order valence-corrected chi connectivity index (χ0v) is 12.4. The van der Waals surface area contributed by atoms with Crippen LogP contribution in [0.15, 0.2) is 34.7 Å². The topological polar surface area (TPSA) is 74.7 Å². The number of hydrogen-bond donors (Lipinski definition) is 1. The van der Waals surface area contributed by atoms with Crippen LogP contribution in [0.5, 0.6) is 0 Å². The fourth-order valence-electron chi connectivity index (χ4n) is 2.06. The van der Waals surface area contributed by atoms with Crippen molar-refractivity contribution < 1.29 is 18.3 Å². The Kier molecular flexibility index (Phi) is 4.17. The van der Waals surface area contributed by atoms with Crippen LogP contribution in [0, 0.1) is 0 Å². The van der Waals surface area contributed by atoms with Gasteiger partial charge < -0.3 is 5.11 Å². The summed E-state index contributed by atoms with van der Waals surface area (Å²) in [6.07, 6.45) is 2.68. The van der Waals surface area contributed by atoms with Gasteiger partial charge in [-0.2, -0.15) is 4.31 Å². The Balaban J connectivity index is 2.38. The van der Waals surface area contributed by atoms with Gasteiger partial charge >= 0.3 is 5.97 Å². The van der Waals surface area contributed by atoms with E-state index in [9.17, 15) is 13.2 Å². The van der Waals surface area contributed by atoms with Crippen LogP contribution in [0.2, 0.25) is 5.02 Å². The van der Waals surface area contributed by atoms with Crippen LogP contribution >= 0.6 is 11.6 Å². The molecule has 0 amide bonds. The minimum absolute atomic E-state index is 0.0159. The van der Waals surface area contributed by atoms with Crippen molar-refractivity contribution in [3.05, 3.63) is 40.4 Å². The standard InChI is InChI=1S/C13H14ClNO4S/c1-9-3-2-6-15(8-9)20(18,19)10-4-5-11(13(16)17)12(14)7-10/h3-5,7H,2,6,8H2,1H3,(H,16,17). The minimum Gasteiger partial charge on any atom is -0.478 e. The number of nitrogens with zero attached hydrogens (tertiary/aromatic N) is 1. The minimum atomic E-state index is -3.64. The van der Waals surface area contributed by atoms with Crippen LogP contribution in [0.1, 0.15) is 23.7 Å². The molecule has 108 valence electrons. The molecule has 0 bridgehead atoms. The molecule has 5 nitrogen and oxygen atoms in total. The van der Waals surface area contributed by atoms with Crippen LogP contribution in [0.25, 0.3) is 0 Å². The molecular formula is C13H14ClNO4S. The molecule has 2 rings (SSSR count). The third-order valence-electron chi connectivity index (χ3n) is 3.11. The summed E-state index contributed by atoms with van der Waals surface area (Å²) in [7, 11) is -3.64. The van der Waals surface area contributed by atoms with Crippen LogP contribution in [-0.2, 0) is 10.0 Å². The summed E-state index contributed by atoms with van der Waals surface area (Å²) < 4.78 is 26.3. The molecule has 1 aromatic rings. The van der Waals surface area contributed by atoms with Gasteiger partial charge in [0.05, 0.1) is 15.5 Å². The Hall–Kier alpha value is -1.37. The fraction of sp³-hybridized carbons (Fsp3) is 0.308. The zero-order chi connectivity index (χ0) is 14.9. The lowest BCUT2D eigenvalue weighted by Gasteiger charge is -2.25. The molecule has 0 aromatic heterocycles. The largest absolute Gasteiger partial charge is 0.478 e. The van der Waals surface area contributed by atoms with Crippen LogP contribution in [0.3, 0.4) is 0 Å². The van der Waals surface area contributed by atoms with E-state index in [1.807, 2.05) is 13.0 Å². The van der Waals surface area contributed by atoms with E-state index in [4.69, 9.17) is 16.7 Å². The second-order valence-corrected chi connectivity index (χ2v) is 6.97. The van der Waals surface area contributed by atoms with Crippen LogP contribution in [-0.4, -0.2) is 36.9 Å². The van der Waals surface area contributed by atoms with Crippen LogP contribution in [0.4, 0.5) is 0 Å². The number of carbonyl (C=O) groups is 1. The molecule has 0 saturated carbocycles. The second-order valence-electron chi connectivity index (χ2n) is 4.62. The first-order valence-corrected chi connectivity index (χ1v) is 7.83. The van der Waals surface area contributed by atoms with Crippen molar-refractivity contribution >= 4 is 27.6 Å². The smallest absolute Gasteiger partial charge is 0.337 e. The Morgan fingerprint density at radius 1 is 1.40 bits per heavy atom. The van der Waals surface area contributed by atoms with Crippen molar-refractivity contribution in [2.45, 2.75) is 18.2 Å². The molecule has 0 radical (unpaired) electrons. The van der Waals surface area contributed by atoms with Gasteiger partial charge in [-0.05, 0) is 31.5 Å². The molecule has 0 unspecified atom stereocenters. The molecule has 0 fully saturated rings. The van der Waals surface area contributed by atoms with Crippen LogP contribution < -0.4 is 0 Å². The Morgan fingerprint density at radius 2 is 2.10 bits per heavy atom. The molecular weight excluding hydrogens is 302 g/mol. The second kappa shape index (κ2) is 5.55. The maximum atomic E-state index is 12.5. The van der Waals surface area contributed by atoms with Crippen molar-refractivity contribution in [2.24, 2.45) is 0 Å². The quantitative estimate of drug-likeness (QED) is 0.869. The third-order valence-corrected chi connectivity index (χ3v) is 5.26. The molecule has 0 aliphatic carbocycles. The highest BCUT2D eigenvalue weighted by atomic mass is 35.5. The molecule has 1 aliphatic heterocycles. The first kappa shape index (κ1) is 15.0. The maximum absolute atomic E-state index is 12.5. The van der Waals surface area contributed by atoms with Gasteiger partial charge in [-0.15, -0.1) is 0 Å². The van der Waals surface area contributed by atoms with Crippen molar-refractivity contribution in [1.82, 2.24) is 4.31 Å². The third kappa shape index (κ3) is 2.87. The summed E-state index contributed by atoms with van der Waals surface area (Å²) in [5.41, 5.74) is 0.883. The lowest BCUT2D eigenvalue weighted by Crippen LogP contribution is -2.35. The molecule has 0 spiro atoms. The van der Waals surface area contributed by atoms with Crippen molar-refractivity contribution in [1.29, 1.82) is 0 Å². The molecule has 1 aromatic carbocycles. The van der Waals surface area contributed by atoms with E-state index in [2.05, 4.69) is 0 Å². The number of hydrogen-bond acceptors (Lipinski definition) is 3. The number of benzene rings is 1. The summed E-state index contributed by atoms with van der Waals surface area (Å²) in [6.45, 7) is 2.64. The van der Waals surface area contributed by atoms with Crippen molar-refractivity contribution in [3.8, 4) is 0 Å². The zero-order valence-electron chi connectivity index (χ0n) is 10.8. The van der Waals surface area contributed by atoms with Gasteiger partial charge in [0.15, 0.2) is 0 Å². The Morgan fingerprint density at radius 3 is 2.65 bits per heavy atom. The summed E-state index contributed by atoms with van der Waals surface area (Å²) in [6, 6.07) is 3.68. The Bertz CT molecular complexity index is 682. The molecule has 1 N–H and O–H groups in total. The molecule has 0 saturated heterocycles. The first-order valence-electron chi connectivity index (χ1n) is 6.01. The van der Waals surface area contributed by atoms with E-state index in [1.54, 1.807) is 0 Å². The van der Waals surface area contributed by atoms with Gasteiger partial charge in [0, 0.05) is 13.1 Å². The number of sulfonamides is 1. The average Bonchev–Trinajstić information content (AvgIpc) is 2.38. The molecule has 1 aliphatic rings. The van der Waals surface area contributed by atoms with Gasteiger partial charge in [0.2, 0.25) is 10.0 Å². The van der Waals surface area contributed by atoms with E-state index in [0.717, 1.165) is 5.57 Å². The Labute approximate surface area is 122 Å². The summed E-state index contributed by atoms with van der Waals surface area (Å²) in [5, 5.41) is 8.81. The van der Waals surface area contributed by atoms with E-state index in [-0.39, 0.29) is 15.5 Å². The average molecular weight is 316 g/mol. The monoisotopic (exact) mass is 315 g/mol. The van der Waals surface area contributed by atoms with E-state index < -0.39 is 16.0 Å². The van der Waals surface area contributed by atoms with Gasteiger partial charge in [-0.3, -0.25) is 0 Å². The first-order chi connectivity index (χ1) is 9.32. The highest BCUT2D eigenvalue weighted by molar-refractivity contribution is 7.89. The number of aromatic carboxylic acids is 1. The number of rotatable bonds is 3. The molecule has 0 atom stereocenters. The van der Waals surface area contributed by atoms with Crippen molar-refractivity contribution in [3.63, 3.8) is 0 Å². The number of carboxylic acids is 1. The van der Waals surface area contributed by atoms with Gasteiger partial charge in [0.1, 0.15) is 0 Å². The van der Waals surface area contributed by atoms with E-state index in [0.29, 0.717) is 19.5 Å².